The minimum Gasteiger partial charge on any atom is -0.378 e. The van der Waals surface area contributed by atoms with Gasteiger partial charge >= 0.3 is 0 Å². The van der Waals surface area contributed by atoms with Crippen molar-refractivity contribution in [3.05, 3.63) is 28.2 Å². The van der Waals surface area contributed by atoms with Gasteiger partial charge in [-0.15, -0.1) is 0 Å². The van der Waals surface area contributed by atoms with E-state index in [0.29, 0.717) is 26.3 Å². The minimum atomic E-state index is -0.574. The van der Waals surface area contributed by atoms with Crippen molar-refractivity contribution in [1.82, 2.24) is 14.7 Å². The Hall–Kier alpha value is -1.69. The Bertz CT molecular complexity index is 492. The van der Waals surface area contributed by atoms with Gasteiger partial charge in [-0.05, 0) is 19.9 Å². The van der Waals surface area contributed by atoms with Crippen molar-refractivity contribution in [3.63, 3.8) is 0 Å². The Balaban J connectivity index is 2.19. The highest BCUT2D eigenvalue weighted by Gasteiger charge is 2.24. The highest BCUT2D eigenvalue weighted by atomic mass is 16.5. The lowest BCUT2D eigenvalue weighted by Crippen LogP contribution is -2.45. The molecule has 1 fully saturated rings. The zero-order chi connectivity index (χ0) is 13.1. The SMILES string of the molecule is Cc1ccc(=O)n(C(C)C(=O)N2CCOCC2)n1. The van der Waals surface area contributed by atoms with E-state index in [1.54, 1.807) is 24.8 Å². The van der Waals surface area contributed by atoms with E-state index in [2.05, 4.69) is 5.10 Å². The largest absolute Gasteiger partial charge is 0.378 e. The van der Waals surface area contributed by atoms with Crippen LogP contribution in [0.4, 0.5) is 0 Å². The highest BCUT2D eigenvalue weighted by Crippen LogP contribution is 2.08. The van der Waals surface area contributed by atoms with Gasteiger partial charge < -0.3 is 9.64 Å². The molecule has 1 aromatic rings. The molecule has 0 spiro atoms. The van der Waals surface area contributed by atoms with Crippen LogP contribution in [0, 0.1) is 6.92 Å². The molecule has 1 aromatic heterocycles. The van der Waals surface area contributed by atoms with Crippen LogP contribution in [0.25, 0.3) is 0 Å². The summed E-state index contributed by atoms with van der Waals surface area (Å²) in [7, 11) is 0. The average molecular weight is 251 g/mol. The molecule has 6 heteroatoms. The molecular formula is C12H17N3O3. The number of hydrogen-bond donors (Lipinski definition) is 0. The van der Waals surface area contributed by atoms with E-state index < -0.39 is 6.04 Å². The van der Waals surface area contributed by atoms with Gasteiger partial charge in [-0.25, -0.2) is 4.68 Å². The molecule has 6 nitrogen and oxygen atoms in total. The maximum atomic E-state index is 12.2. The molecule has 0 saturated carbocycles. The number of nitrogens with zero attached hydrogens (tertiary/aromatic N) is 3. The quantitative estimate of drug-likeness (QED) is 0.740. The first-order valence-corrected chi connectivity index (χ1v) is 6.02. The maximum absolute atomic E-state index is 12.2. The van der Waals surface area contributed by atoms with Crippen LogP contribution in [0.2, 0.25) is 0 Å². The van der Waals surface area contributed by atoms with E-state index in [0.717, 1.165) is 5.69 Å². The Kier molecular flexibility index (Phi) is 3.76. The Morgan fingerprint density at radius 2 is 2.06 bits per heavy atom. The predicted octanol–water partition coefficient (Wildman–Crippen LogP) is -0.0285. The molecule has 18 heavy (non-hydrogen) atoms. The van der Waals surface area contributed by atoms with Crippen LogP contribution in [-0.2, 0) is 9.53 Å². The topological polar surface area (TPSA) is 64.4 Å². The van der Waals surface area contributed by atoms with Crippen LogP contribution in [-0.4, -0.2) is 46.9 Å². The lowest BCUT2D eigenvalue weighted by atomic mass is 10.2. The zero-order valence-electron chi connectivity index (χ0n) is 10.6. The fourth-order valence-electron chi connectivity index (χ4n) is 1.95. The number of aryl methyl sites for hydroxylation is 1. The Labute approximate surface area is 105 Å². The molecule has 0 radical (unpaired) electrons. The summed E-state index contributed by atoms with van der Waals surface area (Å²) >= 11 is 0. The molecule has 2 heterocycles. The van der Waals surface area contributed by atoms with E-state index in [-0.39, 0.29) is 11.5 Å². The smallest absolute Gasteiger partial charge is 0.267 e. The molecule has 0 bridgehead atoms. The van der Waals surface area contributed by atoms with Gasteiger partial charge in [0.15, 0.2) is 0 Å². The van der Waals surface area contributed by atoms with Crippen LogP contribution in [0.15, 0.2) is 16.9 Å². The third-order valence-corrected chi connectivity index (χ3v) is 3.01. The summed E-state index contributed by atoms with van der Waals surface area (Å²) in [6.07, 6.45) is 0. The number of rotatable bonds is 2. The van der Waals surface area contributed by atoms with Crippen LogP contribution >= 0.6 is 0 Å². The number of hydrogen-bond acceptors (Lipinski definition) is 4. The van der Waals surface area contributed by atoms with Crippen LogP contribution in [0.1, 0.15) is 18.7 Å². The van der Waals surface area contributed by atoms with Crippen LogP contribution in [0.3, 0.4) is 0 Å². The Morgan fingerprint density at radius 3 is 2.72 bits per heavy atom. The van der Waals surface area contributed by atoms with Gasteiger partial charge in [0.25, 0.3) is 5.56 Å². The molecular weight excluding hydrogens is 234 g/mol. The Morgan fingerprint density at radius 1 is 1.39 bits per heavy atom. The van der Waals surface area contributed by atoms with Crippen molar-refractivity contribution in [2.45, 2.75) is 19.9 Å². The van der Waals surface area contributed by atoms with E-state index in [1.807, 2.05) is 0 Å². The molecule has 1 atom stereocenters. The number of carbonyl (C=O) groups excluding carboxylic acids is 1. The van der Waals surface area contributed by atoms with E-state index in [4.69, 9.17) is 4.74 Å². The number of morpholine rings is 1. The van der Waals surface area contributed by atoms with Gasteiger partial charge in [0, 0.05) is 19.2 Å². The number of ether oxygens (including phenoxy) is 1. The molecule has 98 valence electrons. The van der Waals surface area contributed by atoms with E-state index >= 15 is 0 Å². The van der Waals surface area contributed by atoms with Gasteiger partial charge in [-0.2, -0.15) is 5.10 Å². The number of amides is 1. The van der Waals surface area contributed by atoms with E-state index in [9.17, 15) is 9.59 Å². The molecule has 2 rings (SSSR count). The molecule has 1 aliphatic heterocycles. The maximum Gasteiger partial charge on any atom is 0.267 e. The molecule has 0 aliphatic carbocycles. The summed E-state index contributed by atoms with van der Waals surface area (Å²) in [6.45, 7) is 5.74. The summed E-state index contributed by atoms with van der Waals surface area (Å²) in [4.78, 5) is 25.7. The second-order valence-corrected chi connectivity index (χ2v) is 4.37. The van der Waals surface area contributed by atoms with Gasteiger partial charge in [-0.1, -0.05) is 0 Å². The van der Waals surface area contributed by atoms with Crippen LogP contribution < -0.4 is 5.56 Å². The molecule has 1 unspecified atom stereocenters. The van der Waals surface area contributed by atoms with Gasteiger partial charge in [0.05, 0.1) is 18.9 Å². The monoisotopic (exact) mass is 251 g/mol. The van der Waals surface area contributed by atoms with Crippen molar-refractivity contribution in [2.75, 3.05) is 26.3 Å². The van der Waals surface area contributed by atoms with Gasteiger partial charge in [-0.3, -0.25) is 9.59 Å². The minimum absolute atomic E-state index is 0.0847. The third kappa shape index (κ3) is 2.59. The lowest BCUT2D eigenvalue weighted by Gasteiger charge is -2.29. The standard InChI is InChI=1S/C12H17N3O3/c1-9-3-4-11(16)15(13-9)10(2)12(17)14-5-7-18-8-6-14/h3-4,10H,5-8H2,1-2H3. The molecule has 0 aromatic carbocycles. The van der Waals surface area contributed by atoms with Gasteiger partial charge in [0.2, 0.25) is 5.91 Å². The fourth-order valence-corrected chi connectivity index (χ4v) is 1.95. The summed E-state index contributed by atoms with van der Waals surface area (Å²) in [5.74, 6) is -0.0847. The fraction of sp³-hybridized carbons (Fsp3) is 0.583. The second kappa shape index (κ2) is 5.30. The van der Waals surface area contributed by atoms with Crippen molar-refractivity contribution in [1.29, 1.82) is 0 Å². The van der Waals surface area contributed by atoms with E-state index in [1.165, 1.54) is 10.7 Å². The first-order chi connectivity index (χ1) is 8.59. The normalized spacial score (nSPS) is 17.6. The van der Waals surface area contributed by atoms with Gasteiger partial charge in [0.1, 0.15) is 6.04 Å². The van der Waals surface area contributed by atoms with Crippen molar-refractivity contribution >= 4 is 5.91 Å². The van der Waals surface area contributed by atoms with Crippen molar-refractivity contribution < 1.29 is 9.53 Å². The predicted molar refractivity (Wildman–Crippen MR) is 65.3 cm³/mol. The molecule has 1 amide bonds. The van der Waals surface area contributed by atoms with Crippen molar-refractivity contribution in [2.24, 2.45) is 0 Å². The molecule has 1 aliphatic rings. The highest BCUT2D eigenvalue weighted by molar-refractivity contribution is 5.80. The first-order valence-electron chi connectivity index (χ1n) is 6.02. The first kappa shape index (κ1) is 12.8. The van der Waals surface area contributed by atoms with Crippen LogP contribution in [0.5, 0.6) is 0 Å². The van der Waals surface area contributed by atoms with Crippen molar-refractivity contribution in [3.8, 4) is 0 Å². The summed E-state index contributed by atoms with van der Waals surface area (Å²) in [6, 6.07) is 2.51. The molecule has 1 saturated heterocycles. The zero-order valence-corrected chi connectivity index (χ0v) is 10.6. The summed E-state index contributed by atoms with van der Waals surface area (Å²) in [5, 5.41) is 4.11. The number of carbonyl (C=O) groups is 1. The average Bonchev–Trinajstić information content (AvgIpc) is 2.41. The summed E-state index contributed by atoms with van der Waals surface area (Å²) in [5.41, 5.74) is 0.464. The third-order valence-electron chi connectivity index (χ3n) is 3.01. The summed E-state index contributed by atoms with van der Waals surface area (Å²) < 4.78 is 6.44. The number of aromatic nitrogens is 2. The second-order valence-electron chi connectivity index (χ2n) is 4.37. The lowest BCUT2D eigenvalue weighted by molar-refractivity contribution is -0.138. The molecule has 0 N–H and O–H groups in total.